The van der Waals surface area contributed by atoms with Gasteiger partial charge in [-0.2, -0.15) is 0 Å². The number of phenols is 1. The predicted octanol–water partition coefficient (Wildman–Crippen LogP) is 6.16. The van der Waals surface area contributed by atoms with Crippen molar-refractivity contribution in [3.63, 3.8) is 0 Å². The van der Waals surface area contributed by atoms with E-state index < -0.39 is 18.0 Å². The van der Waals surface area contributed by atoms with Crippen molar-refractivity contribution in [1.82, 2.24) is 0 Å². The van der Waals surface area contributed by atoms with Gasteiger partial charge in [0.15, 0.2) is 17.3 Å². The maximum absolute atomic E-state index is 13.0. The molecular weight excluding hydrogens is 512 g/mol. The van der Waals surface area contributed by atoms with Crippen LogP contribution in [0.1, 0.15) is 60.3 Å². The Morgan fingerprint density at radius 1 is 0.800 bits per heavy atom. The van der Waals surface area contributed by atoms with E-state index in [1.165, 1.54) is 19.2 Å². The molecule has 0 radical (unpaired) electrons. The molecule has 202 valence electrons. The van der Waals surface area contributed by atoms with Crippen LogP contribution in [0.25, 0.3) is 0 Å². The smallest absolute Gasteiger partial charge is 0.343 e. The Bertz CT molecular complexity index is 1600. The van der Waals surface area contributed by atoms with Crippen molar-refractivity contribution < 1.29 is 38.4 Å². The van der Waals surface area contributed by atoms with Gasteiger partial charge in [0.2, 0.25) is 0 Å². The van der Waals surface area contributed by atoms with Crippen LogP contribution in [-0.2, 0) is 0 Å². The second-order valence-electron chi connectivity index (χ2n) is 9.47. The van der Waals surface area contributed by atoms with Crippen LogP contribution in [0.3, 0.4) is 0 Å². The van der Waals surface area contributed by atoms with Gasteiger partial charge in [0.1, 0.15) is 28.9 Å². The summed E-state index contributed by atoms with van der Waals surface area (Å²) in [5.74, 6) is -1.30. The number of esters is 2. The normalized spacial score (nSPS) is 14.1. The zero-order valence-corrected chi connectivity index (χ0v) is 22.1. The topological polar surface area (TPSA) is 108 Å². The molecule has 0 aliphatic carbocycles. The van der Waals surface area contributed by atoms with Gasteiger partial charge in [-0.3, -0.25) is 4.79 Å². The van der Waals surface area contributed by atoms with E-state index in [2.05, 4.69) is 0 Å². The number of ketones is 1. The average Bonchev–Trinajstić information content (AvgIpc) is 2.93. The molecule has 1 atom stereocenters. The van der Waals surface area contributed by atoms with Gasteiger partial charge in [0, 0.05) is 12.1 Å². The van der Waals surface area contributed by atoms with Gasteiger partial charge in [0.05, 0.1) is 24.7 Å². The molecule has 8 heteroatoms. The van der Waals surface area contributed by atoms with Gasteiger partial charge < -0.3 is 24.1 Å². The minimum atomic E-state index is -0.759. The van der Waals surface area contributed by atoms with Gasteiger partial charge in [-0.1, -0.05) is 41.5 Å². The molecule has 40 heavy (non-hydrogen) atoms. The van der Waals surface area contributed by atoms with Gasteiger partial charge in [-0.05, 0) is 55.8 Å². The molecule has 5 rings (SSSR count). The summed E-state index contributed by atoms with van der Waals surface area (Å²) in [5, 5.41) is 10.6. The van der Waals surface area contributed by atoms with Gasteiger partial charge in [-0.15, -0.1) is 0 Å². The third-order valence-electron chi connectivity index (χ3n) is 6.52. The molecule has 0 saturated heterocycles. The number of rotatable bonds is 6. The number of aromatic hydroxyl groups is 1. The van der Waals surface area contributed by atoms with Crippen molar-refractivity contribution in [3.8, 4) is 28.7 Å². The Morgan fingerprint density at radius 2 is 1.40 bits per heavy atom. The standard InChI is InChI=1S/C32H26O8/c1-18-4-8-20(9-5-18)31(35)38-23-15-24(33)30-25(34)17-27(39-29(30)16-23)22-12-13-26(37-3)28(14-22)40-32(36)21-10-6-19(2)7-11-21/h4-16,27,33H,17H2,1-3H3/t27-/m0/s1. The number of methoxy groups -OCH3 is 1. The highest BCUT2D eigenvalue weighted by molar-refractivity contribution is 6.03. The fourth-order valence-corrected chi connectivity index (χ4v) is 4.34. The third-order valence-corrected chi connectivity index (χ3v) is 6.52. The summed E-state index contributed by atoms with van der Waals surface area (Å²) in [7, 11) is 1.46. The fourth-order valence-electron chi connectivity index (χ4n) is 4.34. The number of fused-ring (bicyclic) bond motifs is 1. The predicted molar refractivity (Wildman–Crippen MR) is 146 cm³/mol. The van der Waals surface area contributed by atoms with Crippen LogP contribution in [0.4, 0.5) is 0 Å². The Morgan fingerprint density at radius 3 is 2.00 bits per heavy atom. The molecule has 4 aromatic rings. The lowest BCUT2D eigenvalue weighted by Crippen LogP contribution is -2.21. The number of carbonyl (C=O) groups is 3. The molecule has 0 aromatic heterocycles. The lowest BCUT2D eigenvalue weighted by atomic mass is 9.95. The quantitative estimate of drug-likeness (QED) is 0.230. The summed E-state index contributed by atoms with van der Waals surface area (Å²) in [4.78, 5) is 38.4. The monoisotopic (exact) mass is 538 g/mol. The molecule has 1 N–H and O–H groups in total. The SMILES string of the molecule is COc1ccc([C@@H]2CC(=O)c3c(O)cc(OC(=O)c4ccc(C)cc4)cc3O2)cc1OC(=O)c1ccc(C)cc1. The maximum atomic E-state index is 13.0. The molecule has 0 fully saturated rings. The van der Waals surface area contributed by atoms with Gasteiger partial charge in [0.25, 0.3) is 0 Å². The molecular formula is C32H26O8. The third kappa shape index (κ3) is 5.51. The van der Waals surface area contributed by atoms with E-state index in [4.69, 9.17) is 18.9 Å². The Kier molecular flexibility index (Phi) is 7.25. The van der Waals surface area contributed by atoms with Crippen molar-refractivity contribution in [2.45, 2.75) is 26.4 Å². The first-order chi connectivity index (χ1) is 19.2. The first-order valence-electron chi connectivity index (χ1n) is 12.5. The summed E-state index contributed by atoms with van der Waals surface area (Å²) >= 11 is 0. The zero-order valence-electron chi connectivity index (χ0n) is 22.1. The molecule has 1 heterocycles. The Balaban J connectivity index is 1.40. The van der Waals surface area contributed by atoms with Crippen molar-refractivity contribution in [3.05, 3.63) is 112 Å². The number of Topliss-reactive ketones (excluding diaryl/α,β-unsaturated/α-hetero) is 1. The van der Waals surface area contributed by atoms with E-state index in [0.29, 0.717) is 22.4 Å². The number of hydrogen-bond donors (Lipinski definition) is 1. The zero-order chi connectivity index (χ0) is 28.4. The molecule has 0 amide bonds. The highest BCUT2D eigenvalue weighted by Gasteiger charge is 2.32. The molecule has 1 aliphatic heterocycles. The Labute approximate surface area is 230 Å². The van der Waals surface area contributed by atoms with Crippen LogP contribution < -0.4 is 18.9 Å². The van der Waals surface area contributed by atoms with Crippen LogP contribution in [-0.4, -0.2) is 29.9 Å². The van der Waals surface area contributed by atoms with E-state index in [-0.39, 0.29) is 40.8 Å². The molecule has 0 saturated carbocycles. The molecule has 8 nitrogen and oxygen atoms in total. The van der Waals surface area contributed by atoms with Crippen molar-refractivity contribution in [2.75, 3.05) is 7.11 Å². The number of aryl methyl sites for hydroxylation is 2. The number of carbonyl (C=O) groups excluding carboxylic acids is 3. The fraction of sp³-hybridized carbons (Fsp3) is 0.156. The molecule has 1 aliphatic rings. The summed E-state index contributed by atoms with van der Waals surface area (Å²) in [6.45, 7) is 3.82. The van der Waals surface area contributed by atoms with Crippen LogP contribution >= 0.6 is 0 Å². The van der Waals surface area contributed by atoms with E-state index in [9.17, 15) is 19.5 Å². The second kappa shape index (κ2) is 10.9. The minimum Gasteiger partial charge on any atom is -0.507 e. The van der Waals surface area contributed by atoms with Crippen molar-refractivity contribution in [1.29, 1.82) is 0 Å². The largest absolute Gasteiger partial charge is 0.507 e. The van der Waals surface area contributed by atoms with Gasteiger partial charge >= 0.3 is 11.9 Å². The number of hydrogen-bond acceptors (Lipinski definition) is 8. The van der Waals surface area contributed by atoms with Crippen molar-refractivity contribution >= 4 is 17.7 Å². The molecule has 4 aromatic carbocycles. The minimum absolute atomic E-state index is 0.00548. The second-order valence-corrected chi connectivity index (χ2v) is 9.47. The number of ether oxygens (including phenoxy) is 4. The summed E-state index contributed by atoms with van der Waals surface area (Å²) in [6.07, 6.45) is -0.828. The molecule has 0 bridgehead atoms. The lowest BCUT2D eigenvalue weighted by Gasteiger charge is -2.27. The summed E-state index contributed by atoms with van der Waals surface area (Å²) < 4.78 is 22.5. The van der Waals surface area contributed by atoms with Crippen molar-refractivity contribution in [2.24, 2.45) is 0 Å². The number of benzene rings is 4. The maximum Gasteiger partial charge on any atom is 0.343 e. The van der Waals surface area contributed by atoms with E-state index in [1.54, 1.807) is 54.6 Å². The van der Waals surface area contributed by atoms with Crippen LogP contribution in [0, 0.1) is 13.8 Å². The van der Waals surface area contributed by atoms with E-state index in [1.807, 2.05) is 26.0 Å². The summed E-state index contributed by atoms with van der Waals surface area (Å²) in [5.41, 5.74) is 3.27. The molecule has 0 unspecified atom stereocenters. The molecule has 0 spiro atoms. The van der Waals surface area contributed by atoms with Crippen LogP contribution in [0.15, 0.2) is 78.9 Å². The first-order valence-corrected chi connectivity index (χ1v) is 12.5. The Hall–Kier alpha value is -5.11. The average molecular weight is 539 g/mol. The lowest BCUT2D eigenvalue weighted by molar-refractivity contribution is 0.0718. The first kappa shape index (κ1) is 26.5. The van der Waals surface area contributed by atoms with E-state index in [0.717, 1.165) is 11.1 Å². The van der Waals surface area contributed by atoms with Crippen LogP contribution in [0.5, 0.6) is 28.7 Å². The van der Waals surface area contributed by atoms with Gasteiger partial charge in [-0.25, -0.2) is 9.59 Å². The summed E-state index contributed by atoms with van der Waals surface area (Å²) in [6, 6.07) is 21.3. The van der Waals surface area contributed by atoms with Crippen LogP contribution in [0.2, 0.25) is 0 Å². The number of phenolic OH excluding ortho intramolecular Hbond substituents is 1. The van der Waals surface area contributed by atoms with E-state index >= 15 is 0 Å². The highest BCUT2D eigenvalue weighted by atomic mass is 16.6. The highest BCUT2D eigenvalue weighted by Crippen LogP contribution is 2.43.